The molecular formula is C18H24FN3O2. The molecule has 3 amide bonds. The molecule has 0 spiro atoms. The Morgan fingerprint density at radius 3 is 2.50 bits per heavy atom. The van der Waals surface area contributed by atoms with Gasteiger partial charge in [0.2, 0.25) is 5.91 Å². The molecular weight excluding hydrogens is 309 g/mol. The lowest BCUT2D eigenvalue weighted by atomic mass is 9.79. The van der Waals surface area contributed by atoms with Crippen LogP contribution in [-0.2, 0) is 10.2 Å². The lowest BCUT2D eigenvalue weighted by Gasteiger charge is -2.31. The van der Waals surface area contributed by atoms with E-state index in [1.807, 2.05) is 12.1 Å². The highest BCUT2D eigenvalue weighted by Crippen LogP contribution is 2.40. The van der Waals surface area contributed by atoms with Crippen molar-refractivity contribution in [1.29, 1.82) is 0 Å². The Hall–Kier alpha value is -2.11. The van der Waals surface area contributed by atoms with E-state index in [1.165, 1.54) is 12.1 Å². The fourth-order valence-corrected chi connectivity index (χ4v) is 3.96. The molecule has 1 aliphatic carbocycles. The normalized spacial score (nSPS) is 22.5. The van der Waals surface area contributed by atoms with Crippen molar-refractivity contribution < 1.29 is 14.0 Å². The molecule has 24 heavy (non-hydrogen) atoms. The molecule has 5 nitrogen and oxygen atoms in total. The summed E-state index contributed by atoms with van der Waals surface area (Å²) in [6.45, 7) is 1.49. The molecule has 130 valence electrons. The number of nitrogens with one attached hydrogen (secondary N) is 1. The fourth-order valence-electron chi connectivity index (χ4n) is 3.96. The van der Waals surface area contributed by atoms with Crippen molar-refractivity contribution in [3.05, 3.63) is 35.6 Å². The molecule has 0 radical (unpaired) electrons. The average Bonchev–Trinajstić information content (AvgIpc) is 3.23. The molecule has 1 aliphatic heterocycles. The summed E-state index contributed by atoms with van der Waals surface area (Å²) < 4.78 is 13.2. The number of halogens is 1. The Labute approximate surface area is 141 Å². The van der Waals surface area contributed by atoms with Crippen LogP contribution in [0.4, 0.5) is 9.18 Å². The molecule has 1 aromatic carbocycles. The van der Waals surface area contributed by atoms with Crippen LogP contribution in [0.5, 0.6) is 0 Å². The Morgan fingerprint density at radius 1 is 1.25 bits per heavy atom. The van der Waals surface area contributed by atoms with Crippen LogP contribution in [-0.4, -0.2) is 36.5 Å². The molecule has 1 aromatic rings. The number of nitrogens with zero attached hydrogens (tertiary/aromatic N) is 1. The highest BCUT2D eigenvalue weighted by atomic mass is 19.1. The number of likely N-dealkylation sites (tertiary alicyclic amines) is 1. The zero-order chi connectivity index (χ0) is 17.2. The molecule has 0 aromatic heterocycles. The predicted octanol–water partition coefficient (Wildman–Crippen LogP) is 2.15. The third-order valence-electron chi connectivity index (χ3n) is 5.47. The first kappa shape index (κ1) is 16.7. The van der Waals surface area contributed by atoms with E-state index in [0.717, 1.165) is 31.2 Å². The number of urea groups is 1. The van der Waals surface area contributed by atoms with Crippen LogP contribution < -0.4 is 11.1 Å². The Morgan fingerprint density at radius 2 is 1.92 bits per heavy atom. The van der Waals surface area contributed by atoms with Crippen molar-refractivity contribution in [3.63, 3.8) is 0 Å². The van der Waals surface area contributed by atoms with E-state index in [1.54, 1.807) is 4.90 Å². The molecule has 2 aliphatic rings. The van der Waals surface area contributed by atoms with Crippen molar-refractivity contribution in [2.75, 3.05) is 19.6 Å². The Kier molecular flexibility index (Phi) is 4.73. The summed E-state index contributed by atoms with van der Waals surface area (Å²) in [5.41, 5.74) is 6.28. The van der Waals surface area contributed by atoms with Crippen LogP contribution in [0.2, 0.25) is 0 Å². The number of amides is 3. The lowest BCUT2D eigenvalue weighted by molar-refractivity contribution is -0.121. The van der Waals surface area contributed by atoms with E-state index in [-0.39, 0.29) is 29.1 Å². The number of nitrogens with two attached hydrogens (primary N) is 1. The highest BCUT2D eigenvalue weighted by Gasteiger charge is 2.37. The van der Waals surface area contributed by atoms with Gasteiger partial charge in [0, 0.05) is 25.0 Å². The molecule has 1 atom stereocenters. The molecule has 1 saturated carbocycles. The van der Waals surface area contributed by atoms with Crippen molar-refractivity contribution in [3.8, 4) is 0 Å². The zero-order valence-electron chi connectivity index (χ0n) is 13.8. The van der Waals surface area contributed by atoms with E-state index in [2.05, 4.69) is 5.32 Å². The van der Waals surface area contributed by atoms with Crippen LogP contribution in [0, 0.1) is 11.7 Å². The number of hydrogen-bond acceptors (Lipinski definition) is 2. The number of primary amides is 1. The molecule has 6 heteroatoms. The second kappa shape index (κ2) is 6.79. The van der Waals surface area contributed by atoms with Crippen LogP contribution in [0.3, 0.4) is 0 Å². The first-order valence-electron chi connectivity index (χ1n) is 8.58. The summed E-state index contributed by atoms with van der Waals surface area (Å²) in [5, 5.41) is 3.02. The third kappa shape index (κ3) is 3.37. The Balaban J connectivity index is 1.64. The molecule has 0 unspecified atom stereocenters. The monoisotopic (exact) mass is 333 g/mol. The molecule has 1 heterocycles. The standard InChI is InChI=1S/C18H24FN3O2/c19-15-5-3-14(4-6-15)18(8-1-2-9-18)12-21-17(24)22-10-7-13(11-22)16(20)23/h3-6,13H,1-2,7-12H2,(H2,20,23)(H,21,24)/t13-/m0/s1. The molecule has 3 rings (SSSR count). The van der Waals surface area contributed by atoms with Gasteiger partial charge in [-0.05, 0) is 37.0 Å². The third-order valence-corrected chi connectivity index (χ3v) is 5.47. The predicted molar refractivity (Wildman–Crippen MR) is 88.8 cm³/mol. The van der Waals surface area contributed by atoms with Crippen molar-refractivity contribution in [2.24, 2.45) is 11.7 Å². The summed E-state index contributed by atoms with van der Waals surface area (Å²) in [4.78, 5) is 25.3. The van der Waals surface area contributed by atoms with E-state index < -0.39 is 0 Å². The number of rotatable bonds is 4. The van der Waals surface area contributed by atoms with Crippen LogP contribution in [0.1, 0.15) is 37.7 Å². The van der Waals surface area contributed by atoms with Crippen LogP contribution in [0.15, 0.2) is 24.3 Å². The number of benzene rings is 1. The number of carbonyl (C=O) groups excluding carboxylic acids is 2. The number of carbonyl (C=O) groups is 2. The van der Waals surface area contributed by atoms with Gasteiger partial charge in [-0.25, -0.2) is 9.18 Å². The maximum atomic E-state index is 13.2. The molecule has 0 bridgehead atoms. The van der Waals surface area contributed by atoms with E-state index in [9.17, 15) is 14.0 Å². The van der Waals surface area contributed by atoms with E-state index in [4.69, 9.17) is 5.73 Å². The smallest absolute Gasteiger partial charge is 0.317 e. The van der Waals surface area contributed by atoms with E-state index in [0.29, 0.717) is 26.1 Å². The van der Waals surface area contributed by atoms with Crippen molar-refractivity contribution in [1.82, 2.24) is 10.2 Å². The maximum Gasteiger partial charge on any atom is 0.317 e. The van der Waals surface area contributed by atoms with Crippen LogP contribution >= 0.6 is 0 Å². The van der Waals surface area contributed by atoms with Gasteiger partial charge in [0.05, 0.1) is 5.92 Å². The minimum atomic E-state index is -0.344. The second-order valence-electron chi connectivity index (χ2n) is 6.99. The Bertz CT molecular complexity index is 611. The summed E-state index contributed by atoms with van der Waals surface area (Å²) in [7, 11) is 0. The van der Waals surface area contributed by atoms with Gasteiger partial charge in [-0.1, -0.05) is 25.0 Å². The topological polar surface area (TPSA) is 75.4 Å². The maximum absolute atomic E-state index is 13.2. The zero-order valence-corrected chi connectivity index (χ0v) is 13.8. The van der Waals surface area contributed by atoms with Gasteiger partial charge in [-0.15, -0.1) is 0 Å². The largest absolute Gasteiger partial charge is 0.369 e. The first-order valence-corrected chi connectivity index (χ1v) is 8.58. The number of hydrogen-bond donors (Lipinski definition) is 2. The van der Waals surface area contributed by atoms with Gasteiger partial charge in [-0.2, -0.15) is 0 Å². The van der Waals surface area contributed by atoms with Crippen molar-refractivity contribution in [2.45, 2.75) is 37.5 Å². The van der Waals surface area contributed by atoms with Crippen LogP contribution in [0.25, 0.3) is 0 Å². The van der Waals surface area contributed by atoms with Crippen molar-refractivity contribution >= 4 is 11.9 Å². The van der Waals surface area contributed by atoms with Gasteiger partial charge in [0.15, 0.2) is 0 Å². The highest BCUT2D eigenvalue weighted by molar-refractivity contribution is 5.80. The first-order chi connectivity index (χ1) is 11.5. The SMILES string of the molecule is NC(=O)[C@H]1CCN(C(=O)NCC2(c3ccc(F)cc3)CCCC2)C1. The van der Waals surface area contributed by atoms with Gasteiger partial charge in [0.25, 0.3) is 0 Å². The summed E-state index contributed by atoms with van der Waals surface area (Å²) >= 11 is 0. The average molecular weight is 333 g/mol. The fraction of sp³-hybridized carbons (Fsp3) is 0.556. The van der Waals surface area contributed by atoms with Gasteiger partial charge < -0.3 is 16.0 Å². The second-order valence-corrected chi connectivity index (χ2v) is 6.99. The van der Waals surface area contributed by atoms with Gasteiger partial charge in [0.1, 0.15) is 5.82 Å². The van der Waals surface area contributed by atoms with E-state index >= 15 is 0 Å². The van der Waals surface area contributed by atoms with Gasteiger partial charge in [-0.3, -0.25) is 4.79 Å². The minimum Gasteiger partial charge on any atom is -0.369 e. The quantitative estimate of drug-likeness (QED) is 0.886. The summed E-state index contributed by atoms with van der Waals surface area (Å²) in [6.07, 6.45) is 4.83. The minimum absolute atomic E-state index is 0.119. The summed E-state index contributed by atoms with van der Waals surface area (Å²) in [6, 6.07) is 6.47. The molecule has 1 saturated heterocycles. The molecule has 2 fully saturated rings. The summed E-state index contributed by atoms with van der Waals surface area (Å²) in [5.74, 6) is -0.831. The van der Waals surface area contributed by atoms with Gasteiger partial charge >= 0.3 is 6.03 Å². The molecule has 3 N–H and O–H groups in total. The lowest BCUT2D eigenvalue weighted by Crippen LogP contribution is -2.45.